The average Bonchev–Trinajstić information content (AvgIpc) is 2.23. The summed E-state index contributed by atoms with van der Waals surface area (Å²) in [7, 11) is 0. The SMILES string of the molecule is C=C(C)/C=C\C(=C)C(=C)/C=C(\C=C/C)OC(F)(F)F. The molecule has 0 bridgehead atoms. The maximum absolute atomic E-state index is 12.2. The number of hydrogen-bond acceptors (Lipinski definition) is 1. The largest absolute Gasteiger partial charge is 0.573 e. The fraction of sp³-hybridized carbons (Fsp3) is 0.200. The highest BCUT2D eigenvalue weighted by molar-refractivity contribution is 5.45. The quantitative estimate of drug-likeness (QED) is 0.474. The lowest BCUT2D eigenvalue weighted by Crippen LogP contribution is -2.12. The molecule has 0 atom stereocenters. The summed E-state index contributed by atoms with van der Waals surface area (Å²) in [5.74, 6) is -0.343. The fourth-order valence-corrected chi connectivity index (χ4v) is 1.02. The first kappa shape index (κ1) is 17.0. The van der Waals surface area contributed by atoms with Gasteiger partial charge in [0.1, 0.15) is 5.76 Å². The van der Waals surface area contributed by atoms with Gasteiger partial charge in [0.05, 0.1) is 0 Å². The van der Waals surface area contributed by atoms with Crippen molar-refractivity contribution in [3.8, 4) is 0 Å². The van der Waals surface area contributed by atoms with E-state index in [1.807, 2.05) is 0 Å². The van der Waals surface area contributed by atoms with E-state index in [1.165, 1.54) is 18.2 Å². The number of allylic oxidation sites excluding steroid dienone is 8. The van der Waals surface area contributed by atoms with Crippen molar-refractivity contribution >= 4 is 0 Å². The van der Waals surface area contributed by atoms with Gasteiger partial charge in [0.2, 0.25) is 0 Å². The van der Waals surface area contributed by atoms with Crippen LogP contribution >= 0.6 is 0 Å². The summed E-state index contributed by atoms with van der Waals surface area (Å²) < 4.78 is 40.3. The molecule has 0 unspecified atom stereocenters. The summed E-state index contributed by atoms with van der Waals surface area (Å²) in [5, 5.41) is 0. The summed E-state index contributed by atoms with van der Waals surface area (Å²) in [6.45, 7) is 14.4. The number of hydrogen-bond donors (Lipinski definition) is 0. The van der Waals surface area contributed by atoms with Crippen LogP contribution in [0.15, 0.2) is 72.6 Å². The highest BCUT2D eigenvalue weighted by Crippen LogP contribution is 2.23. The van der Waals surface area contributed by atoms with Crippen LogP contribution in [0.2, 0.25) is 0 Å². The molecule has 0 aliphatic rings. The minimum atomic E-state index is -4.74. The monoisotopic (exact) mass is 270 g/mol. The first-order valence-electron chi connectivity index (χ1n) is 5.47. The number of halogens is 3. The Bertz CT molecular complexity index is 449. The predicted molar refractivity (Wildman–Crippen MR) is 72.3 cm³/mol. The molecule has 104 valence electrons. The van der Waals surface area contributed by atoms with Crippen molar-refractivity contribution in [3.05, 3.63) is 72.6 Å². The molecule has 0 heterocycles. The number of ether oxygens (including phenoxy) is 1. The van der Waals surface area contributed by atoms with Gasteiger partial charge < -0.3 is 4.74 Å². The Labute approximate surface area is 111 Å². The Morgan fingerprint density at radius 3 is 2.00 bits per heavy atom. The molecule has 19 heavy (non-hydrogen) atoms. The second-order valence-electron chi connectivity index (χ2n) is 3.82. The van der Waals surface area contributed by atoms with Gasteiger partial charge in [-0.05, 0) is 37.1 Å². The molecule has 0 fully saturated rings. The van der Waals surface area contributed by atoms with Gasteiger partial charge in [-0.25, -0.2) is 0 Å². The maximum atomic E-state index is 12.2. The van der Waals surface area contributed by atoms with Gasteiger partial charge in [-0.3, -0.25) is 0 Å². The van der Waals surface area contributed by atoms with Crippen LogP contribution in [0, 0.1) is 0 Å². The van der Waals surface area contributed by atoms with E-state index in [-0.39, 0.29) is 5.76 Å². The molecule has 0 saturated heterocycles. The highest BCUT2D eigenvalue weighted by Gasteiger charge is 2.31. The second-order valence-corrected chi connectivity index (χ2v) is 3.82. The van der Waals surface area contributed by atoms with E-state index in [9.17, 15) is 13.2 Å². The smallest absolute Gasteiger partial charge is 0.406 e. The maximum Gasteiger partial charge on any atom is 0.573 e. The Hall–Kier alpha value is -1.97. The molecule has 1 nitrogen and oxygen atoms in total. The molecular weight excluding hydrogens is 253 g/mol. The molecule has 0 rings (SSSR count). The third kappa shape index (κ3) is 8.71. The minimum absolute atomic E-state index is 0.329. The summed E-state index contributed by atoms with van der Waals surface area (Å²) in [6.07, 6.45) is 2.41. The van der Waals surface area contributed by atoms with E-state index in [1.54, 1.807) is 26.0 Å². The summed E-state index contributed by atoms with van der Waals surface area (Å²) >= 11 is 0. The van der Waals surface area contributed by atoms with Gasteiger partial charge >= 0.3 is 6.36 Å². The summed E-state index contributed by atoms with van der Waals surface area (Å²) in [4.78, 5) is 0. The van der Waals surface area contributed by atoms with Gasteiger partial charge in [-0.15, -0.1) is 13.2 Å². The average molecular weight is 270 g/mol. The lowest BCUT2D eigenvalue weighted by atomic mass is 10.1. The molecule has 4 heteroatoms. The zero-order chi connectivity index (χ0) is 15.1. The number of rotatable bonds is 6. The van der Waals surface area contributed by atoms with Crippen molar-refractivity contribution in [1.82, 2.24) is 0 Å². The fourth-order valence-electron chi connectivity index (χ4n) is 1.02. The standard InChI is InChI=1S/C15H17F3O/c1-6-7-14(19-15(16,17)18)10-13(5)12(4)9-8-11(2)3/h6-10H,2,4-5H2,1,3H3/b7-6-,9-8-,14-10+. The van der Waals surface area contributed by atoms with Crippen LogP contribution in [0.4, 0.5) is 13.2 Å². The summed E-state index contributed by atoms with van der Waals surface area (Å²) in [6, 6.07) is 0. The zero-order valence-electron chi connectivity index (χ0n) is 11.1. The minimum Gasteiger partial charge on any atom is -0.406 e. The molecule has 0 radical (unpaired) electrons. The lowest BCUT2D eigenvalue weighted by molar-refractivity contribution is -0.303. The molecule has 0 N–H and O–H groups in total. The van der Waals surface area contributed by atoms with Crippen molar-refractivity contribution < 1.29 is 17.9 Å². The van der Waals surface area contributed by atoms with Crippen LogP contribution in [-0.4, -0.2) is 6.36 Å². The summed E-state index contributed by atoms with van der Waals surface area (Å²) in [5.41, 5.74) is 1.61. The van der Waals surface area contributed by atoms with Crippen LogP contribution in [0.25, 0.3) is 0 Å². The van der Waals surface area contributed by atoms with Gasteiger partial charge in [0.25, 0.3) is 0 Å². The molecule has 0 aromatic heterocycles. The van der Waals surface area contributed by atoms with Crippen molar-refractivity contribution in [2.45, 2.75) is 20.2 Å². The van der Waals surface area contributed by atoms with Crippen LogP contribution in [0.1, 0.15) is 13.8 Å². The molecule has 0 aromatic rings. The van der Waals surface area contributed by atoms with E-state index in [2.05, 4.69) is 24.5 Å². The topological polar surface area (TPSA) is 9.23 Å². The van der Waals surface area contributed by atoms with Crippen LogP contribution < -0.4 is 0 Å². The van der Waals surface area contributed by atoms with E-state index >= 15 is 0 Å². The molecule has 0 amide bonds. The zero-order valence-corrected chi connectivity index (χ0v) is 11.1. The first-order valence-corrected chi connectivity index (χ1v) is 5.47. The molecule has 0 saturated carbocycles. The Morgan fingerprint density at radius 2 is 1.58 bits per heavy atom. The highest BCUT2D eigenvalue weighted by atomic mass is 19.4. The van der Waals surface area contributed by atoms with Crippen LogP contribution in [0.3, 0.4) is 0 Å². The van der Waals surface area contributed by atoms with E-state index < -0.39 is 6.36 Å². The molecular formula is C15H17F3O. The van der Waals surface area contributed by atoms with Crippen LogP contribution in [0.5, 0.6) is 0 Å². The van der Waals surface area contributed by atoms with Crippen molar-refractivity contribution in [1.29, 1.82) is 0 Å². The van der Waals surface area contributed by atoms with Crippen LogP contribution in [-0.2, 0) is 4.74 Å². The normalized spacial score (nSPS) is 13.0. The molecule has 0 spiro atoms. The van der Waals surface area contributed by atoms with E-state index in [4.69, 9.17) is 0 Å². The van der Waals surface area contributed by atoms with Gasteiger partial charge in [0, 0.05) is 0 Å². The van der Waals surface area contributed by atoms with Crippen molar-refractivity contribution in [2.75, 3.05) is 0 Å². The molecule has 0 aromatic carbocycles. The number of alkyl halides is 3. The van der Waals surface area contributed by atoms with Crippen molar-refractivity contribution in [3.63, 3.8) is 0 Å². The van der Waals surface area contributed by atoms with Gasteiger partial charge in [0.15, 0.2) is 0 Å². The van der Waals surface area contributed by atoms with E-state index in [0.717, 1.165) is 5.57 Å². The molecule has 0 aliphatic heterocycles. The van der Waals surface area contributed by atoms with E-state index in [0.29, 0.717) is 11.1 Å². The third-order valence-electron chi connectivity index (χ3n) is 1.86. The van der Waals surface area contributed by atoms with Gasteiger partial charge in [-0.1, -0.05) is 43.5 Å². The lowest BCUT2D eigenvalue weighted by Gasteiger charge is -2.10. The first-order chi connectivity index (χ1) is 8.65. The Kier molecular flexibility index (Phi) is 6.69. The van der Waals surface area contributed by atoms with Crippen molar-refractivity contribution in [2.24, 2.45) is 0 Å². The predicted octanol–water partition coefficient (Wildman–Crippen LogP) is 5.23. The Balaban J connectivity index is 4.99. The third-order valence-corrected chi connectivity index (χ3v) is 1.86. The second kappa shape index (κ2) is 7.46. The van der Waals surface area contributed by atoms with Gasteiger partial charge in [-0.2, -0.15) is 0 Å². The Morgan fingerprint density at radius 1 is 1.00 bits per heavy atom. The molecule has 0 aliphatic carbocycles.